The number of aryl methyl sites for hydroxylation is 1. The highest BCUT2D eigenvalue weighted by Gasteiger charge is 2.20. The molecule has 1 aromatic heterocycles. The van der Waals surface area contributed by atoms with Crippen molar-refractivity contribution >= 4 is 17.2 Å². The van der Waals surface area contributed by atoms with Crippen molar-refractivity contribution in [2.24, 2.45) is 0 Å². The fourth-order valence-electron chi connectivity index (χ4n) is 2.80. The monoisotopic (exact) mass is 300 g/mol. The second-order valence-electron chi connectivity index (χ2n) is 5.36. The number of hydrogen-bond acceptors (Lipinski definition) is 3. The number of rotatable bonds is 4. The lowest BCUT2D eigenvalue weighted by Crippen LogP contribution is -2.32. The first kappa shape index (κ1) is 14.3. The minimum absolute atomic E-state index is 0.0516. The number of benzene rings is 1. The van der Waals surface area contributed by atoms with Gasteiger partial charge in [-0.05, 0) is 49.2 Å². The van der Waals surface area contributed by atoms with Crippen LogP contribution in [0, 0.1) is 6.92 Å². The molecule has 0 radical (unpaired) electrons. The highest BCUT2D eigenvalue weighted by atomic mass is 32.1. The van der Waals surface area contributed by atoms with Gasteiger partial charge in [0.05, 0.1) is 6.04 Å². The third-order valence-corrected chi connectivity index (χ3v) is 4.91. The minimum atomic E-state index is 0.0516. The number of thiophene rings is 1. The van der Waals surface area contributed by atoms with Crippen LogP contribution in [0.3, 0.4) is 0 Å². The number of carbonyl (C=O) groups excluding carboxylic acids is 1. The van der Waals surface area contributed by atoms with Crippen molar-refractivity contribution < 1.29 is 4.79 Å². The molecule has 0 saturated heterocycles. The second-order valence-corrected chi connectivity index (χ2v) is 6.68. The molecule has 1 atom stereocenters. The SMILES string of the molecule is CCNC(c1ccc2c(c1)C(=O)NCC2)c1ccc(C)s1. The average molecular weight is 300 g/mol. The predicted molar refractivity (Wildman–Crippen MR) is 87.1 cm³/mol. The maximum atomic E-state index is 12.0. The number of amides is 1. The van der Waals surface area contributed by atoms with Crippen LogP contribution in [0.1, 0.15) is 44.2 Å². The van der Waals surface area contributed by atoms with Crippen LogP contribution in [0.4, 0.5) is 0 Å². The molecule has 0 saturated carbocycles. The molecule has 4 heteroatoms. The molecule has 2 aromatic rings. The third kappa shape index (κ3) is 2.87. The summed E-state index contributed by atoms with van der Waals surface area (Å²) in [7, 11) is 0. The van der Waals surface area contributed by atoms with Gasteiger partial charge in [0.25, 0.3) is 5.91 Å². The summed E-state index contributed by atoms with van der Waals surface area (Å²) in [5.74, 6) is 0.0516. The Morgan fingerprint density at radius 3 is 2.90 bits per heavy atom. The molecule has 0 spiro atoms. The lowest BCUT2D eigenvalue weighted by Gasteiger charge is -2.21. The summed E-state index contributed by atoms with van der Waals surface area (Å²) in [6.45, 7) is 5.87. The van der Waals surface area contributed by atoms with Gasteiger partial charge in [-0.15, -0.1) is 11.3 Å². The van der Waals surface area contributed by atoms with E-state index in [1.54, 1.807) is 11.3 Å². The summed E-state index contributed by atoms with van der Waals surface area (Å²) in [4.78, 5) is 14.6. The highest BCUT2D eigenvalue weighted by molar-refractivity contribution is 7.12. The first-order chi connectivity index (χ1) is 10.2. The zero-order valence-corrected chi connectivity index (χ0v) is 13.2. The summed E-state index contributed by atoms with van der Waals surface area (Å²) >= 11 is 1.81. The van der Waals surface area contributed by atoms with E-state index >= 15 is 0 Å². The van der Waals surface area contributed by atoms with Gasteiger partial charge in [-0.3, -0.25) is 4.79 Å². The van der Waals surface area contributed by atoms with E-state index in [9.17, 15) is 4.79 Å². The maximum Gasteiger partial charge on any atom is 0.251 e. The van der Waals surface area contributed by atoms with Gasteiger partial charge in [-0.25, -0.2) is 0 Å². The van der Waals surface area contributed by atoms with Crippen LogP contribution in [0.2, 0.25) is 0 Å². The van der Waals surface area contributed by atoms with Gasteiger partial charge in [0, 0.05) is 21.9 Å². The Bertz CT molecular complexity index is 663. The molecule has 1 aliphatic heterocycles. The molecule has 1 unspecified atom stereocenters. The zero-order chi connectivity index (χ0) is 14.8. The van der Waals surface area contributed by atoms with Crippen molar-refractivity contribution in [3.63, 3.8) is 0 Å². The van der Waals surface area contributed by atoms with Crippen LogP contribution >= 0.6 is 11.3 Å². The fraction of sp³-hybridized carbons (Fsp3) is 0.353. The molecule has 3 nitrogen and oxygen atoms in total. The molecule has 0 bridgehead atoms. The van der Waals surface area contributed by atoms with Crippen LogP contribution in [0.25, 0.3) is 0 Å². The van der Waals surface area contributed by atoms with Crippen LogP contribution in [-0.4, -0.2) is 19.0 Å². The molecule has 2 heterocycles. The third-order valence-electron chi connectivity index (χ3n) is 3.85. The van der Waals surface area contributed by atoms with Gasteiger partial charge < -0.3 is 10.6 Å². The molecule has 1 amide bonds. The van der Waals surface area contributed by atoms with E-state index in [2.05, 4.69) is 48.7 Å². The maximum absolute atomic E-state index is 12.0. The Balaban J connectivity index is 2.00. The van der Waals surface area contributed by atoms with E-state index in [0.717, 1.165) is 36.2 Å². The molecule has 1 aromatic carbocycles. The van der Waals surface area contributed by atoms with E-state index in [1.165, 1.54) is 9.75 Å². The molecule has 110 valence electrons. The minimum Gasteiger partial charge on any atom is -0.352 e. The number of fused-ring (bicyclic) bond motifs is 1. The van der Waals surface area contributed by atoms with Crippen molar-refractivity contribution in [2.75, 3.05) is 13.1 Å². The van der Waals surface area contributed by atoms with Crippen LogP contribution in [0.5, 0.6) is 0 Å². The molecule has 21 heavy (non-hydrogen) atoms. The smallest absolute Gasteiger partial charge is 0.251 e. The molecule has 0 fully saturated rings. The van der Waals surface area contributed by atoms with E-state index in [0.29, 0.717) is 0 Å². The van der Waals surface area contributed by atoms with E-state index in [1.807, 2.05) is 6.07 Å². The normalized spacial score (nSPS) is 15.4. The van der Waals surface area contributed by atoms with E-state index in [-0.39, 0.29) is 11.9 Å². The Morgan fingerprint density at radius 1 is 1.33 bits per heavy atom. The molecule has 3 rings (SSSR count). The van der Waals surface area contributed by atoms with Crippen molar-refractivity contribution in [1.82, 2.24) is 10.6 Å². The summed E-state index contributed by atoms with van der Waals surface area (Å²) < 4.78 is 0. The number of nitrogens with one attached hydrogen (secondary N) is 2. The van der Waals surface area contributed by atoms with Crippen LogP contribution < -0.4 is 10.6 Å². The van der Waals surface area contributed by atoms with Crippen molar-refractivity contribution in [2.45, 2.75) is 26.3 Å². The van der Waals surface area contributed by atoms with Gasteiger partial charge in [-0.1, -0.05) is 19.1 Å². The quantitative estimate of drug-likeness (QED) is 0.911. The van der Waals surface area contributed by atoms with Crippen molar-refractivity contribution in [3.05, 3.63) is 56.8 Å². The Morgan fingerprint density at radius 2 is 2.19 bits per heavy atom. The largest absolute Gasteiger partial charge is 0.352 e. The van der Waals surface area contributed by atoms with E-state index in [4.69, 9.17) is 0 Å². The second kappa shape index (κ2) is 6.00. The van der Waals surface area contributed by atoms with E-state index < -0.39 is 0 Å². The summed E-state index contributed by atoms with van der Waals surface area (Å²) in [6, 6.07) is 10.8. The Labute approximate surface area is 129 Å². The van der Waals surface area contributed by atoms with Crippen molar-refractivity contribution in [1.29, 1.82) is 0 Å². The predicted octanol–water partition coefficient (Wildman–Crippen LogP) is 3.04. The topological polar surface area (TPSA) is 41.1 Å². The molecule has 2 N–H and O–H groups in total. The highest BCUT2D eigenvalue weighted by Crippen LogP contribution is 2.30. The van der Waals surface area contributed by atoms with Crippen molar-refractivity contribution in [3.8, 4) is 0 Å². The summed E-state index contributed by atoms with van der Waals surface area (Å²) in [5.41, 5.74) is 3.14. The molecular weight excluding hydrogens is 280 g/mol. The average Bonchev–Trinajstić information content (AvgIpc) is 2.91. The van der Waals surface area contributed by atoms with Crippen LogP contribution in [-0.2, 0) is 6.42 Å². The summed E-state index contributed by atoms with van der Waals surface area (Å²) in [5, 5.41) is 6.45. The standard InChI is InChI=1S/C17H20N2OS/c1-3-18-16(15-7-4-11(2)21-15)13-6-5-12-8-9-19-17(20)14(12)10-13/h4-7,10,16,18H,3,8-9H2,1-2H3,(H,19,20). The van der Waals surface area contributed by atoms with Gasteiger partial charge in [-0.2, -0.15) is 0 Å². The fourth-order valence-corrected chi connectivity index (χ4v) is 3.79. The molecule has 1 aliphatic rings. The lowest BCUT2D eigenvalue weighted by atomic mass is 9.94. The number of hydrogen-bond donors (Lipinski definition) is 2. The summed E-state index contributed by atoms with van der Waals surface area (Å²) in [6.07, 6.45) is 0.922. The lowest BCUT2D eigenvalue weighted by molar-refractivity contribution is 0.0946. The Kier molecular flexibility index (Phi) is 4.08. The molecular formula is C17H20N2OS. The van der Waals surface area contributed by atoms with Gasteiger partial charge in [0.15, 0.2) is 0 Å². The number of carbonyl (C=O) groups is 1. The Hall–Kier alpha value is -1.65. The van der Waals surface area contributed by atoms with Gasteiger partial charge in [0.1, 0.15) is 0 Å². The molecule has 0 aliphatic carbocycles. The first-order valence-electron chi connectivity index (χ1n) is 7.39. The van der Waals surface area contributed by atoms with Gasteiger partial charge in [0.2, 0.25) is 0 Å². The van der Waals surface area contributed by atoms with Crippen LogP contribution in [0.15, 0.2) is 30.3 Å². The first-order valence-corrected chi connectivity index (χ1v) is 8.21. The zero-order valence-electron chi connectivity index (χ0n) is 12.4. The van der Waals surface area contributed by atoms with Gasteiger partial charge >= 0.3 is 0 Å².